The van der Waals surface area contributed by atoms with E-state index in [1.54, 1.807) is 0 Å². The first-order valence-electron chi connectivity index (χ1n) is 11.8. The maximum atomic E-state index is 2.31. The van der Waals surface area contributed by atoms with Gasteiger partial charge in [0.1, 0.15) is 0 Å². The molecule has 0 aromatic heterocycles. The molecule has 0 saturated carbocycles. The molecule has 0 radical (unpaired) electrons. The number of anilines is 3. The molecule has 0 spiro atoms. The Morgan fingerprint density at radius 2 is 0.939 bits per heavy atom. The average Bonchev–Trinajstić information content (AvgIpc) is 2.86. The van der Waals surface area contributed by atoms with Gasteiger partial charge in [0.15, 0.2) is 0 Å². The smallest absolute Gasteiger partial charge is 0.0462 e. The van der Waals surface area contributed by atoms with Crippen molar-refractivity contribution in [3.63, 3.8) is 0 Å². The van der Waals surface area contributed by atoms with Gasteiger partial charge in [0.25, 0.3) is 0 Å². The lowest BCUT2D eigenvalue weighted by Crippen LogP contribution is -2.09. The van der Waals surface area contributed by atoms with Crippen molar-refractivity contribution in [1.29, 1.82) is 0 Å². The van der Waals surface area contributed by atoms with Crippen molar-refractivity contribution < 1.29 is 0 Å². The molecule has 1 heteroatoms. The van der Waals surface area contributed by atoms with Crippen molar-refractivity contribution in [2.75, 3.05) is 4.90 Å². The van der Waals surface area contributed by atoms with Gasteiger partial charge < -0.3 is 4.90 Å². The summed E-state index contributed by atoms with van der Waals surface area (Å²) in [7, 11) is 0. The molecular weight excluding hydrogens is 398 g/mol. The minimum Gasteiger partial charge on any atom is -0.311 e. The minimum atomic E-state index is 0.612. The fourth-order valence-electron chi connectivity index (χ4n) is 3.93. The van der Waals surface area contributed by atoms with E-state index in [0.29, 0.717) is 5.92 Å². The van der Waals surface area contributed by atoms with Crippen LogP contribution in [0, 0.1) is 13.8 Å². The summed E-state index contributed by atoms with van der Waals surface area (Å²) >= 11 is 0. The van der Waals surface area contributed by atoms with Crippen LogP contribution >= 0.6 is 0 Å². The zero-order chi connectivity index (χ0) is 23.2. The van der Waals surface area contributed by atoms with Crippen molar-refractivity contribution in [3.05, 3.63) is 125 Å². The highest BCUT2D eigenvalue weighted by Gasteiger charge is 2.12. The van der Waals surface area contributed by atoms with E-state index in [2.05, 4.69) is 142 Å². The lowest BCUT2D eigenvalue weighted by molar-refractivity contribution is 0.733. The van der Waals surface area contributed by atoms with Crippen LogP contribution in [0.2, 0.25) is 0 Å². The van der Waals surface area contributed by atoms with Gasteiger partial charge in [-0.25, -0.2) is 0 Å². The molecule has 166 valence electrons. The molecular formula is C32H33N. The fourth-order valence-corrected chi connectivity index (χ4v) is 3.93. The summed E-state index contributed by atoms with van der Waals surface area (Å²) in [5.41, 5.74) is 9.83. The molecule has 33 heavy (non-hydrogen) atoms. The standard InChI is InChI=1S/C32H33N/c1-5-26(4)29-16-12-27(13-17-29)10-11-28-14-22-32(23-15-28)33(30-18-6-24(2)7-19-30)31-20-8-25(3)9-21-31/h6-23,26H,5H2,1-4H3. The molecule has 0 amide bonds. The lowest BCUT2D eigenvalue weighted by Gasteiger charge is -2.25. The van der Waals surface area contributed by atoms with Crippen LogP contribution in [-0.4, -0.2) is 0 Å². The van der Waals surface area contributed by atoms with Gasteiger partial charge in [-0.05, 0) is 79.3 Å². The summed E-state index contributed by atoms with van der Waals surface area (Å²) in [6.07, 6.45) is 5.54. The van der Waals surface area contributed by atoms with Gasteiger partial charge in [-0.2, -0.15) is 0 Å². The lowest BCUT2D eigenvalue weighted by atomic mass is 9.97. The maximum Gasteiger partial charge on any atom is 0.0462 e. The van der Waals surface area contributed by atoms with Crippen molar-refractivity contribution in [1.82, 2.24) is 0 Å². The zero-order valence-electron chi connectivity index (χ0n) is 20.1. The molecule has 0 N–H and O–H groups in total. The number of hydrogen-bond acceptors (Lipinski definition) is 1. The Morgan fingerprint density at radius 1 is 0.576 bits per heavy atom. The largest absolute Gasteiger partial charge is 0.311 e. The Labute approximate surface area is 199 Å². The molecule has 0 saturated heterocycles. The van der Waals surface area contributed by atoms with E-state index >= 15 is 0 Å². The van der Waals surface area contributed by atoms with Crippen LogP contribution in [0.5, 0.6) is 0 Å². The summed E-state index contributed by atoms with van der Waals surface area (Å²) in [6.45, 7) is 8.77. The Kier molecular flexibility index (Phi) is 7.10. The van der Waals surface area contributed by atoms with Gasteiger partial charge in [-0.3, -0.25) is 0 Å². The fraction of sp³-hybridized carbons (Fsp3) is 0.188. The molecule has 0 heterocycles. The molecule has 0 aliphatic carbocycles. The van der Waals surface area contributed by atoms with Gasteiger partial charge in [0.2, 0.25) is 0 Å². The second-order valence-electron chi connectivity index (χ2n) is 8.91. The number of nitrogens with zero attached hydrogens (tertiary/aromatic N) is 1. The minimum absolute atomic E-state index is 0.612. The number of benzene rings is 4. The van der Waals surface area contributed by atoms with E-state index in [9.17, 15) is 0 Å². The highest BCUT2D eigenvalue weighted by Crippen LogP contribution is 2.35. The molecule has 1 nitrogen and oxygen atoms in total. The van der Waals surface area contributed by atoms with Crippen LogP contribution in [0.4, 0.5) is 17.1 Å². The van der Waals surface area contributed by atoms with Crippen molar-refractivity contribution in [2.45, 2.75) is 40.0 Å². The molecule has 0 aliphatic heterocycles. The second-order valence-corrected chi connectivity index (χ2v) is 8.91. The SMILES string of the molecule is CCC(C)c1ccc(C=Cc2ccc(N(c3ccc(C)cc3)c3ccc(C)cc3)cc2)cc1. The molecule has 0 fully saturated rings. The Hall–Kier alpha value is -3.58. The van der Waals surface area contributed by atoms with Gasteiger partial charge in [0, 0.05) is 17.1 Å². The summed E-state index contributed by atoms with van der Waals surface area (Å²) in [4.78, 5) is 2.31. The van der Waals surface area contributed by atoms with Gasteiger partial charge in [-0.15, -0.1) is 0 Å². The second kappa shape index (κ2) is 10.4. The van der Waals surface area contributed by atoms with Gasteiger partial charge >= 0.3 is 0 Å². The molecule has 1 atom stereocenters. The third-order valence-electron chi connectivity index (χ3n) is 6.32. The predicted molar refractivity (Wildman–Crippen MR) is 145 cm³/mol. The number of hydrogen-bond donors (Lipinski definition) is 0. The predicted octanol–water partition coefficient (Wildman–Crippen LogP) is 9.46. The van der Waals surface area contributed by atoms with Crippen LogP contribution in [-0.2, 0) is 0 Å². The summed E-state index contributed by atoms with van der Waals surface area (Å²) < 4.78 is 0. The van der Waals surface area contributed by atoms with E-state index < -0.39 is 0 Å². The Balaban J connectivity index is 1.58. The van der Waals surface area contributed by atoms with Gasteiger partial charge in [-0.1, -0.05) is 97.8 Å². The normalized spacial score (nSPS) is 12.1. The third kappa shape index (κ3) is 5.62. The third-order valence-corrected chi connectivity index (χ3v) is 6.32. The van der Waals surface area contributed by atoms with E-state index in [1.165, 1.54) is 34.2 Å². The summed E-state index contributed by atoms with van der Waals surface area (Å²) in [6, 6.07) is 35.1. The monoisotopic (exact) mass is 431 g/mol. The van der Waals surface area contributed by atoms with Crippen LogP contribution in [0.1, 0.15) is 54.0 Å². The van der Waals surface area contributed by atoms with Crippen molar-refractivity contribution >= 4 is 29.2 Å². The van der Waals surface area contributed by atoms with Crippen LogP contribution in [0.3, 0.4) is 0 Å². The van der Waals surface area contributed by atoms with Gasteiger partial charge in [0.05, 0.1) is 0 Å². The van der Waals surface area contributed by atoms with Crippen molar-refractivity contribution in [3.8, 4) is 0 Å². The van der Waals surface area contributed by atoms with E-state index in [1.807, 2.05) is 0 Å². The van der Waals surface area contributed by atoms with E-state index in [0.717, 1.165) is 17.1 Å². The highest BCUT2D eigenvalue weighted by molar-refractivity contribution is 5.78. The number of aryl methyl sites for hydroxylation is 2. The first kappa shape index (κ1) is 22.6. The molecule has 0 bridgehead atoms. The molecule has 4 aromatic carbocycles. The Bertz CT molecular complexity index is 1140. The molecule has 4 rings (SSSR count). The molecule has 1 unspecified atom stereocenters. The maximum absolute atomic E-state index is 2.31. The number of rotatable bonds is 7. The first-order valence-corrected chi connectivity index (χ1v) is 11.8. The van der Waals surface area contributed by atoms with Crippen molar-refractivity contribution in [2.24, 2.45) is 0 Å². The quantitative estimate of drug-likeness (QED) is 0.263. The highest BCUT2D eigenvalue weighted by atomic mass is 15.1. The van der Waals surface area contributed by atoms with Crippen LogP contribution < -0.4 is 4.90 Å². The van der Waals surface area contributed by atoms with E-state index in [4.69, 9.17) is 0 Å². The first-order chi connectivity index (χ1) is 16.0. The summed E-state index contributed by atoms with van der Waals surface area (Å²) in [5.74, 6) is 0.612. The average molecular weight is 432 g/mol. The van der Waals surface area contributed by atoms with Crippen LogP contribution in [0.25, 0.3) is 12.2 Å². The summed E-state index contributed by atoms with van der Waals surface area (Å²) in [5, 5.41) is 0. The topological polar surface area (TPSA) is 3.24 Å². The van der Waals surface area contributed by atoms with E-state index in [-0.39, 0.29) is 0 Å². The zero-order valence-corrected chi connectivity index (χ0v) is 20.1. The Morgan fingerprint density at radius 3 is 1.33 bits per heavy atom. The molecule has 4 aromatic rings. The molecule has 0 aliphatic rings. The van der Waals surface area contributed by atoms with Crippen LogP contribution in [0.15, 0.2) is 97.1 Å².